The van der Waals surface area contributed by atoms with Crippen molar-refractivity contribution in [2.24, 2.45) is 5.73 Å². The molecule has 104 valence electrons. The quantitative estimate of drug-likeness (QED) is 0.860. The summed E-state index contributed by atoms with van der Waals surface area (Å²) in [5.74, 6) is -1.20. The maximum Gasteiger partial charge on any atom is 0.325 e. The highest BCUT2D eigenvalue weighted by atomic mass is 19.1. The van der Waals surface area contributed by atoms with Gasteiger partial charge in [0.15, 0.2) is 0 Å². The molecule has 19 heavy (non-hydrogen) atoms. The molecule has 2 unspecified atom stereocenters. The number of nitrogens with zero attached hydrogens (tertiary/aromatic N) is 1. The lowest BCUT2D eigenvalue weighted by Crippen LogP contribution is -2.51. The van der Waals surface area contributed by atoms with E-state index in [1.807, 2.05) is 13.0 Å². The van der Waals surface area contributed by atoms with Crippen LogP contribution in [0.3, 0.4) is 0 Å². The van der Waals surface area contributed by atoms with Gasteiger partial charge in [0.25, 0.3) is 0 Å². The fraction of sp³-hybridized carbons (Fsp3) is 0.500. The molecule has 1 aliphatic heterocycles. The van der Waals surface area contributed by atoms with Crippen molar-refractivity contribution >= 4 is 5.97 Å². The fourth-order valence-electron chi connectivity index (χ4n) is 2.55. The summed E-state index contributed by atoms with van der Waals surface area (Å²) in [6.45, 7) is 3.02. The molecule has 0 aromatic heterocycles. The lowest BCUT2D eigenvalue weighted by Gasteiger charge is -2.26. The summed E-state index contributed by atoms with van der Waals surface area (Å²) >= 11 is 0. The van der Waals surface area contributed by atoms with Crippen LogP contribution in [0.4, 0.5) is 4.39 Å². The SMILES string of the molecule is CC(Cc1cccc(F)c1)N1CCC(N)(C(=O)O)C1. The second-order valence-electron chi connectivity index (χ2n) is 5.36. The van der Waals surface area contributed by atoms with Crippen molar-refractivity contribution in [3.8, 4) is 0 Å². The Morgan fingerprint density at radius 2 is 2.37 bits per heavy atom. The van der Waals surface area contributed by atoms with Crippen LogP contribution in [0.25, 0.3) is 0 Å². The Morgan fingerprint density at radius 1 is 1.63 bits per heavy atom. The molecule has 1 aliphatic rings. The van der Waals surface area contributed by atoms with Gasteiger partial charge >= 0.3 is 5.97 Å². The largest absolute Gasteiger partial charge is 0.480 e. The maximum atomic E-state index is 13.1. The molecule has 1 aromatic rings. The van der Waals surface area contributed by atoms with Crippen LogP contribution >= 0.6 is 0 Å². The molecule has 0 bridgehead atoms. The Bertz CT molecular complexity index is 480. The summed E-state index contributed by atoms with van der Waals surface area (Å²) in [7, 11) is 0. The predicted molar refractivity (Wildman–Crippen MR) is 70.3 cm³/mol. The second-order valence-corrected chi connectivity index (χ2v) is 5.36. The molecule has 1 saturated heterocycles. The molecule has 2 rings (SSSR count). The van der Waals surface area contributed by atoms with Crippen molar-refractivity contribution in [1.29, 1.82) is 0 Å². The molecule has 0 amide bonds. The summed E-state index contributed by atoms with van der Waals surface area (Å²) in [4.78, 5) is 13.1. The third kappa shape index (κ3) is 3.11. The number of carboxylic acids is 1. The molecule has 0 saturated carbocycles. The van der Waals surface area contributed by atoms with E-state index in [1.54, 1.807) is 6.07 Å². The molecule has 1 fully saturated rings. The third-order valence-corrected chi connectivity index (χ3v) is 3.80. The van der Waals surface area contributed by atoms with Gasteiger partial charge in [0.05, 0.1) is 0 Å². The molecule has 0 aliphatic carbocycles. The molecular weight excluding hydrogens is 247 g/mol. The average molecular weight is 266 g/mol. The molecule has 3 N–H and O–H groups in total. The zero-order valence-corrected chi connectivity index (χ0v) is 11.0. The highest BCUT2D eigenvalue weighted by Gasteiger charge is 2.42. The van der Waals surface area contributed by atoms with Crippen molar-refractivity contribution in [3.05, 3.63) is 35.6 Å². The van der Waals surface area contributed by atoms with Crippen LogP contribution in [-0.2, 0) is 11.2 Å². The number of carbonyl (C=O) groups is 1. The number of rotatable bonds is 4. The van der Waals surface area contributed by atoms with E-state index >= 15 is 0 Å². The van der Waals surface area contributed by atoms with Gasteiger partial charge < -0.3 is 10.8 Å². The molecule has 5 heteroatoms. The van der Waals surface area contributed by atoms with E-state index in [4.69, 9.17) is 10.8 Å². The predicted octanol–water partition coefficient (Wildman–Crippen LogP) is 1.24. The van der Waals surface area contributed by atoms with Crippen LogP contribution in [0.15, 0.2) is 24.3 Å². The number of hydrogen-bond donors (Lipinski definition) is 2. The summed E-state index contributed by atoms with van der Waals surface area (Å²) in [6, 6.07) is 6.64. The van der Waals surface area contributed by atoms with Gasteiger partial charge in [0.1, 0.15) is 11.4 Å². The standard InChI is InChI=1S/C14H19FN2O2/c1-10(7-11-3-2-4-12(15)8-11)17-6-5-14(16,9-17)13(18)19/h2-4,8,10H,5-7,9,16H2,1H3,(H,18,19). The Hall–Kier alpha value is -1.46. The molecule has 0 radical (unpaired) electrons. The Morgan fingerprint density at radius 3 is 2.95 bits per heavy atom. The van der Waals surface area contributed by atoms with Gasteiger partial charge in [0, 0.05) is 19.1 Å². The van der Waals surface area contributed by atoms with Crippen molar-refractivity contribution in [1.82, 2.24) is 4.90 Å². The van der Waals surface area contributed by atoms with E-state index in [0.717, 1.165) is 5.56 Å². The first kappa shape index (κ1) is 14.0. The topological polar surface area (TPSA) is 66.6 Å². The van der Waals surface area contributed by atoms with Crippen molar-refractivity contribution in [3.63, 3.8) is 0 Å². The first-order chi connectivity index (χ1) is 8.90. The smallest absolute Gasteiger partial charge is 0.325 e. The van der Waals surface area contributed by atoms with Crippen LogP contribution in [0.1, 0.15) is 18.9 Å². The van der Waals surface area contributed by atoms with Gasteiger partial charge in [0.2, 0.25) is 0 Å². The number of aliphatic carboxylic acids is 1. The molecule has 1 aromatic carbocycles. The van der Waals surface area contributed by atoms with Gasteiger partial charge in [-0.15, -0.1) is 0 Å². The van der Waals surface area contributed by atoms with E-state index in [0.29, 0.717) is 25.9 Å². The Balaban J connectivity index is 1.98. The van der Waals surface area contributed by atoms with Crippen LogP contribution in [0.2, 0.25) is 0 Å². The number of nitrogens with two attached hydrogens (primary N) is 1. The number of benzene rings is 1. The van der Waals surface area contributed by atoms with Crippen molar-refractivity contribution < 1.29 is 14.3 Å². The van der Waals surface area contributed by atoms with Crippen LogP contribution in [-0.4, -0.2) is 40.6 Å². The summed E-state index contributed by atoms with van der Waals surface area (Å²) in [5, 5.41) is 9.10. The lowest BCUT2D eigenvalue weighted by atomic mass is 10.0. The Labute approximate surface area is 112 Å². The monoisotopic (exact) mass is 266 g/mol. The first-order valence-electron chi connectivity index (χ1n) is 6.41. The van der Waals surface area contributed by atoms with E-state index in [2.05, 4.69) is 4.90 Å². The van der Waals surface area contributed by atoms with Crippen LogP contribution in [0, 0.1) is 5.82 Å². The molecule has 4 nitrogen and oxygen atoms in total. The number of halogens is 1. The van der Waals surface area contributed by atoms with E-state index in [1.165, 1.54) is 12.1 Å². The van der Waals surface area contributed by atoms with Gasteiger partial charge in [-0.2, -0.15) is 0 Å². The zero-order valence-electron chi connectivity index (χ0n) is 11.0. The number of carboxylic acid groups (broad SMARTS) is 1. The zero-order chi connectivity index (χ0) is 14.0. The molecular formula is C14H19FN2O2. The molecule has 2 atom stereocenters. The Kier molecular flexibility index (Phi) is 3.87. The molecule has 0 spiro atoms. The van der Waals surface area contributed by atoms with Crippen molar-refractivity contribution in [2.75, 3.05) is 13.1 Å². The minimum Gasteiger partial charge on any atom is -0.480 e. The highest BCUT2D eigenvalue weighted by Crippen LogP contribution is 2.22. The van der Waals surface area contributed by atoms with Gasteiger partial charge in [-0.1, -0.05) is 12.1 Å². The first-order valence-corrected chi connectivity index (χ1v) is 6.41. The number of likely N-dealkylation sites (tertiary alicyclic amines) is 1. The summed E-state index contributed by atoms with van der Waals surface area (Å²) in [5.41, 5.74) is 5.62. The average Bonchev–Trinajstić information content (AvgIpc) is 2.73. The van der Waals surface area contributed by atoms with E-state index < -0.39 is 11.5 Å². The lowest BCUT2D eigenvalue weighted by molar-refractivity contribution is -0.142. The second kappa shape index (κ2) is 5.27. The number of hydrogen-bond acceptors (Lipinski definition) is 3. The van der Waals surface area contributed by atoms with Gasteiger partial charge in [-0.25, -0.2) is 4.39 Å². The van der Waals surface area contributed by atoms with Crippen LogP contribution in [0.5, 0.6) is 0 Å². The minimum atomic E-state index is -1.14. The van der Waals surface area contributed by atoms with Gasteiger partial charge in [-0.3, -0.25) is 9.69 Å². The minimum absolute atomic E-state index is 0.145. The van der Waals surface area contributed by atoms with Crippen molar-refractivity contribution in [2.45, 2.75) is 31.3 Å². The fourth-order valence-corrected chi connectivity index (χ4v) is 2.55. The maximum absolute atomic E-state index is 13.1. The normalized spacial score (nSPS) is 25.4. The van der Waals surface area contributed by atoms with Crippen LogP contribution < -0.4 is 5.73 Å². The molecule has 1 heterocycles. The highest BCUT2D eigenvalue weighted by molar-refractivity contribution is 5.79. The van der Waals surface area contributed by atoms with E-state index in [-0.39, 0.29) is 11.9 Å². The van der Waals surface area contributed by atoms with Gasteiger partial charge in [-0.05, 0) is 37.5 Å². The van der Waals surface area contributed by atoms with E-state index in [9.17, 15) is 9.18 Å². The summed E-state index contributed by atoms with van der Waals surface area (Å²) in [6.07, 6.45) is 1.14. The third-order valence-electron chi connectivity index (χ3n) is 3.80. The summed E-state index contributed by atoms with van der Waals surface area (Å²) < 4.78 is 13.1.